The Morgan fingerprint density at radius 1 is 1.19 bits per heavy atom. The molecule has 5 nitrogen and oxygen atoms in total. The van der Waals surface area contributed by atoms with Gasteiger partial charge in [0.1, 0.15) is 6.04 Å². The fourth-order valence-corrected chi connectivity index (χ4v) is 2.00. The van der Waals surface area contributed by atoms with Crippen LogP contribution in [0.15, 0.2) is 30.3 Å². The summed E-state index contributed by atoms with van der Waals surface area (Å²) in [5, 5.41) is 11.7. The summed E-state index contributed by atoms with van der Waals surface area (Å²) in [7, 11) is 1.85. The van der Waals surface area contributed by atoms with Crippen LogP contribution in [0.25, 0.3) is 0 Å². The normalized spacial score (nSPS) is 14.0. The number of carboxylic acids is 1. The highest BCUT2D eigenvalue weighted by molar-refractivity contribution is 5.86. The minimum atomic E-state index is -1.00. The Hall–Kier alpha value is -1.88. The first kappa shape index (κ1) is 17.2. The lowest BCUT2D eigenvalue weighted by Crippen LogP contribution is -2.51. The summed E-state index contributed by atoms with van der Waals surface area (Å²) >= 11 is 0. The van der Waals surface area contributed by atoms with Crippen molar-refractivity contribution in [3.8, 4) is 0 Å². The largest absolute Gasteiger partial charge is 0.480 e. The molecule has 0 heterocycles. The molecule has 0 saturated heterocycles. The molecule has 0 aromatic heterocycles. The fraction of sp³-hybridized carbons (Fsp3) is 0.500. The third kappa shape index (κ3) is 5.19. The van der Waals surface area contributed by atoms with Crippen molar-refractivity contribution in [2.24, 2.45) is 5.92 Å². The Morgan fingerprint density at radius 2 is 1.76 bits per heavy atom. The molecule has 0 spiro atoms. The van der Waals surface area contributed by atoms with E-state index < -0.39 is 18.1 Å². The smallest absolute Gasteiger partial charge is 0.326 e. The lowest BCUT2D eigenvalue weighted by atomic mass is 10.0. The predicted octanol–water partition coefficient (Wildman–Crippen LogP) is 1.73. The standard InChI is InChI=1S/C16H24N2O3/c1-11(2)14(16(20)21)17-15(19)12(3)18(4)10-13-8-6-5-7-9-13/h5-9,11-12,14H,10H2,1-4H3,(H,17,19)(H,20,21)/t12?,14-/m0/s1. The van der Waals surface area contributed by atoms with E-state index in [1.54, 1.807) is 20.8 Å². The second-order valence-electron chi connectivity index (χ2n) is 5.65. The first-order valence-corrected chi connectivity index (χ1v) is 7.10. The third-order valence-corrected chi connectivity index (χ3v) is 3.55. The second kappa shape index (κ2) is 7.78. The van der Waals surface area contributed by atoms with Gasteiger partial charge in [-0.05, 0) is 25.5 Å². The Labute approximate surface area is 126 Å². The van der Waals surface area contributed by atoms with E-state index in [9.17, 15) is 9.59 Å². The summed E-state index contributed by atoms with van der Waals surface area (Å²) in [6.45, 7) is 5.96. The van der Waals surface area contributed by atoms with E-state index in [-0.39, 0.29) is 11.8 Å². The van der Waals surface area contributed by atoms with Gasteiger partial charge in [0, 0.05) is 6.54 Å². The van der Waals surface area contributed by atoms with Crippen LogP contribution in [0, 0.1) is 5.92 Å². The first-order valence-electron chi connectivity index (χ1n) is 7.10. The number of hydrogen-bond acceptors (Lipinski definition) is 3. The summed E-state index contributed by atoms with van der Waals surface area (Å²) in [6, 6.07) is 8.58. The van der Waals surface area contributed by atoms with Gasteiger partial charge in [0.05, 0.1) is 6.04 Å². The zero-order valence-electron chi connectivity index (χ0n) is 13.0. The average molecular weight is 292 g/mol. The predicted molar refractivity (Wildman–Crippen MR) is 81.8 cm³/mol. The van der Waals surface area contributed by atoms with E-state index in [4.69, 9.17) is 5.11 Å². The van der Waals surface area contributed by atoms with Crippen molar-refractivity contribution in [3.05, 3.63) is 35.9 Å². The molecule has 0 bridgehead atoms. The van der Waals surface area contributed by atoms with E-state index in [1.807, 2.05) is 42.3 Å². The van der Waals surface area contributed by atoms with E-state index in [0.29, 0.717) is 6.54 Å². The van der Waals surface area contributed by atoms with Crippen LogP contribution in [0.3, 0.4) is 0 Å². The lowest BCUT2D eigenvalue weighted by molar-refractivity contribution is -0.143. The number of aliphatic carboxylic acids is 1. The zero-order chi connectivity index (χ0) is 16.0. The van der Waals surface area contributed by atoms with Crippen molar-refractivity contribution < 1.29 is 14.7 Å². The number of carbonyl (C=O) groups is 2. The molecular weight excluding hydrogens is 268 g/mol. The molecule has 0 radical (unpaired) electrons. The number of carboxylic acid groups (broad SMARTS) is 1. The SMILES string of the molecule is CC(C)[C@H](NC(=O)C(C)N(C)Cc1ccccc1)C(=O)O. The van der Waals surface area contributed by atoms with Crippen molar-refractivity contribution in [1.82, 2.24) is 10.2 Å². The summed E-state index contributed by atoms with van der Waals surface area (Å²) < 4.78 is 0. The second-order valence-corrected chi connectivity index (χ2v) is 5.65. The lowest BCUT2D eigenvalue weighted by Gasteiger charge is -2.26. The average Bonchev–Trinajstić information content (AvgIpc) is 2.43. The maximum absolute atomic E-state index is 12.2. The van der Waals surface area contributed by atoms with E-state index in [1.165, 1.54) is 0 Å². The molecular formula is C16H24N2O3. The van der Waals surface area contributed by atoms with Crippen molar-refractivity contribution >= 4 is 11.9 Å². The van der Waals surface area contributed by atoms with Crippen molar-refractivity contribution in [2.45, 2.75) is 39.4 Å². The molecule has 1 amide bonds. The van der Waals surface area contributed by atoms with Gasteiger partial charge in [-0.25, -0.2) is 4.79 Å². The van der Waals surface area contributed by atoms with Crippen LogP contribution < -0.4 is 5.32 Å². The molecule has 21 heavy (non-hydrogen) atoms. The Kier molecular flexibility index (Phi) is 6.37. The summed E-state index contributed by atoms with van der Waals surface area (Å²) in [4.78, 5) is 25.2. The maximum Gasteiger partial charge on any atom is 0.326 e. The van der Waals surface area contributed by atoms with Crippen LogP contribution in [0.2, 0.25) is 0 Å². The van der Waals surface area contributed by atoms with Crippen LogP contribution in [0.5, 0.6) is 0 Å². The monoisotopic (exact) mass is 292 g/mol. The van der Waals surface area contributed by atoms with Gasteiger partial charge in [0.2, 0.25) is 5.91 Å². The van der Waals surface area contributed by atoms with Gasteiger partial charge in [-0.2, -0.15) is 0 Å². The van der Waals surface area contributed by atoms with E-state index >= 15 is 0 Å². The van der Waals surface area contributed by atoms with Gasteiger partial charge >= 0.3 is 5.97 Å². The van der Waals surface area contributed by atoms with Crippen LogP contribution in [0.1, 0.15) is 26.3 Å². The number of benzene rings is 1. The molecule has 0 aliphatic carbocycles. The van der Waals surface area contributed by atoms with Crippen molar-refractivity contribution in [3.63, 3.8) is 0 Å². The summed E-state index contributed by atoms with van der Waals surface area (Å²) in [5.74, 6) is -1.43. The number of likely N-dealkylation sites (N-methyl/N-ethyl adjacent to an activating group) is 1. The van der Waals surface area contributed by atoms with Crippen LogP contribution in [-0.4, -0.2) is 41.0 Å². The molecule has 1 rings (SSSR count). The van der Waals surface area contributed by atoms with Gasteiger partial charge in [-0.15, -0.1) is 0 Å². The molecule has 0 fully saturated rings. The molecule has 2 atom stereocenters. The number of rotatable bonds is 7. The molecule has 1 unspecified atom stereocenters. The molecule has 116 valence electrons. The molecule has 2 N–H and O–H groups in total. The summed E-state index contributed by atoms with van der Waals surface area (Å²) in [6.07, 6.45) is 0. The highest BCUT2D eigenvalue weighted by Crippen LogP contribution is 2.08. The topological polar surface area (TPSA) is 69.6 Å². The van der Waals surface area contributed by atoms with Gasteiger partial charge in [0.25, 0.3) is 0 Å². The zero-order valence-corrected chi connectivity index (χ0v) is 13.0. The van der Waals surface area contributed by atoms with Crippen LogP contribution in [-0.2, 0) is 16.1 Å². The number of nitrogens with one attached hydrogen (secondary N) is 1. The number of hydrogen-bond donors (Lipinski definition) is 2. The van der Waals surface area contributed by atoms with E-state index in [0.717, 1.165) is 5.56 Å². The third-order valence-electron chi connectivity index (χ3n) is 3.55. The maximum atomic E-state index is 12.2. The van der Waals surface area contributed by atoms with Crippen molar-refractivity contribution in [2.75, 3.05) is 7.05 Å². The number of nitrogens with zero attached hydrogens (tertiary/aromatic N) is 1. The Bertz CT molecular complexity index is 474. The fourth-order valence-electron chi connectivity index (χ4n) is 2.00. The van der Waals surface area contributed by atoms with Gasteiger partial charge < -0.3 is 10.4 Å². The number of carbonyl (C=O) groups excluding carboxylic acids is 1. The highest BCUT2D eigenvalue weighted by Gasteiger charge is 2.27. The van der Waals surface area contributed by atoms with E-state index in [2.05, 4.69) is 5.32 Å². The van der Waals surface area contributed by atoms with Gasteiger partial charge in [-0.1, -0.05) is 44.2 Å². The first-order chi connectivity index (χ1) is 9.82. The molecule has 0 aliphatic heterocycles. The summed E-state index contributed by atoms with van der Waals surface area (Å²) in [5.41, 5.74) is 1.11. The minimum absolute atomic E-state index is 0.155. The van der Waals surface area contributed by atoms with Gasteiger partial charge in [-0.3, -0.25) is 9.69 Å². The molecule has 1 aromatic carbocycles. The molecule has 1 aromatic rings. The highest BCUT2D eigenvalue weighted by atomic mass is 16.4. The molecule has 5 heteroatoms. The quantitative estimate of drug-likeness (QED) is 0.803. The Morgan fingerprint density at radius 3 is 2.24 bits per heavy atom. The minimum Gasteiger partial charge on any atom is -0.480 e. The number of amides is 1. The molecule has 0 aliphatic rings. The van der Waals surface area contributed by atoms with Crippen molar-refractivity contribution in [1.29, 1.82) is 0 Å². The van der Waals surface area contributed by atoms with Crippen LogP contribution in [0.4, 0.5) is 0 Å². The van der Waals surface area contributed by atoms with Gasteiger partial charge in [0.15, 0.2) is 0 Å². The Balaban J connectivity index is 2.62. The molecule has 0 saturated carbocycles. The van der Waals surface area contributed by atoms with Crippen LogP contribution >= 0.6 is 0 Å².